The van der Waals surface area contributed by atoms with E-state index in [1.165, 1.54) is 11.1 Å². The number of ether oxygens (including phenoxy) is 1. The zero-order chi connectivity index (χ0) is 15.9. The van der Waals surface area contributed by atoms with Gasteiger partial charge in [0.1, 0.15) is 0 Å². The molecule has 0 fully saturated rings. The van der Waals surface area contributed by atoms with Gasteiger partial charge < -0.3 is 10.1 Å². The first-order chi connectivity index (χ1) is 11.4. The number of nitrogens with zero attached hydrogens (tertiary/aromatic N) is 1. The number of hydrogen-bond acceptors (Lipinski definition) is 3. The highest BCUT2D eigenvalue weighted by atomic mass is 16.5. The molecule has 1 aromatic heterocycles. The van der Waals surface area contributed by atoms with E-state index in [0.29, 0.717) is 6.61 Å². The Morgan fingerprint density at radius 1 is 0.870 bits per heavy atom. The van der Waals surface area contributed by atoms with Crippen molar-refractivity contribution >= 4 is 5.69 Å². The molecule has 2 aromatic carbocycles. The number of nitrogens with one attached hydrogen (secondary N) is 1. The van der Waals surface area contributed by atoms with Crippen LogP contribution >= 0.6 is 0 Å². The number of rotatable bonds is 6. The van der Waals surface area contributed by atoms with Crippen LogP contribution in [0.4, 0.5) is 5.69 Å². The van der Waals surface area contributed by atoms with Gasteiger partial charge in [-0.15, -0.1) is 0 Å². The zero-order valence-corrected chi connectivity index (χ0v) is 13.2. The molecule has 0 radical (unpaired) electrons. The SMILES string of the molecule is COCc1ccc(CNc2cccnc2-c2ccccc2)cc1. The molecular formula is C20H20N2O. The van der Waals surface area contributed by atoms with E-state index in [0.717, 1.165) is 23.5 Å². The summed E-state index contributed by atoms with van der Waals surface area (Å²) in [7, 11) is 1.71. The maximum atomic E-state index is 5.14. The summed E-state index contributed by atoms with van der Waals surface area (Å²) in [4.78, 5) is 4.52. The second kappa shape index (κ2) is 7.56. The third-order valence-electron chi connectivity index (χ3n) is 3.67. The van der Waals surface area contributed by atoms with Gasteiger partial charge in [0.25, 0.3) is 0 Å². The minimum absolute atomic E-state index is 0.647. The van der Waals surface area contributed by atoms with Gasteiger partial charge in [-0.1, -0.05) is 54.6 Å². The highest BCUT2D eigenvalue weighted by Gasteiger charge is 2.05. The average Bonchev–Trinajstić information content (AvgIpc) is 2.62. The van der Waals surface area contributed by atoms with E-state index in [1.807, 2.05) is 30.5 Å². The van der Waals surface area contributed by atoms with Crippen LogP contribution in [0.3, 0.4) is 0 Å². The van der Waals surface area contributed by atoms with E-state index >= 15 is 0 Å². The van der Waals surface area contributed by atoms with E-state index in [4.69, 9.17) is 4.74 Å². The van der Waals surface area contributed by atoms with E-state index in [2.05, 4.69) is 52.8 Å². The summed E-state index contributed by atoms with van der Waals surface area (Å²) in [5, 5.41) is 3.49. The van der Waals surface area contributed by atoms with Crippen molar-refractivity contribution in [3.63, 3.8) is 0 Å². The summed E-state index contributed by atoms with van der Waals surface area (Å²) in [6.45, 7) is 1.41. The van der Waals surface area contributed by atoms with Gasteiger partial charge >= 0.3 is 0 Å². The van der Waals surface area contributed by atoms with E-state index in [-0.39, 0.29) is 0 Å². The predicted molar refractivity (Wildman–Crippen MR) is 94.2 cm³/mol. The summed E-state index contributed by atoms with van der Waals surface area (Å²) in [5.41, 5.74) is 5.55. The Balaban J connectivity index is 1.73. The first-order valence-corrected chi connectivity index (χ1v) is 7.68. The molecular weight excluding hydrogens is 284 g/mol. The Labute approximate surface area is 137 Å². The smallest absolute Gasteiger partial charge is 0.0933 e. The van der Waals surface area contributed by atoms with Gasteiger partial charge in [-0.2, -0.15) is 0 Å². The fourth-order valence-electron chi connectivity index (χ4n) is 2.49. The van der Waals surface area contributed by atoms with Gasteiger partial charge in [0, 0.05) is 25.4 Å². The van der Waals surface area contributed by atoms with E-state index in [1.54, 1.807) is 7.11 Å². The maximum absolute atomic E-state index is 5.14. The first-order valence-electron chi connectivity index (χ1n) is 7.68. The molecule has 0 spiro atoms. The largest absolute Gasteiger partial charge is 0.380 e. The van der Waals surface area contributed by atoms with Crippen LogP contribution in [0.2, 0.25) is 0 Å². The third kappa shape index (κ3) is 3.96. The molecule has 0 unspecified atom stereocenters. The zero-order valence-electron chi connectivity index (χ0n) is 13.2. The molecule has 0 amide bonds. The molecule has 1 heterocycles. The standard InChI is InChI=1S/C20H20N2O/c1-23-15-17-11-9-16(10-12-17)14-22-19-8-5-13-21-20(19)18-6-3-2-4-7-18/h2-13,22H,14-15H2,1H3. The summed E-state index contributed by atoms with van der Waals surface area (Å²) in [5.74, 6) is 0. The number of methoxy groups -OCH3 is 1. The first kappa shape index (κ1) is 15.3. The van der Waals surface area contributed by atoms with Crippen LogP contribution in [0, 0.1) is 0 Å². The van der Waals surface area contributed by atoms with Crippen molar-refractivity contribution in [1.82, 2.24) is 4.98 Å². The molecule has 3 heteroatoms. The predicted octanol–water partition coefficient (Wildman–Crippen LogP) is 4.51. The molecule has 3 aromatic rings. The normalized spacial score (nSPS) is 10.5. The Morgan fingerprint density at radius 3 is 2.35 bits per heavy atom. The van der Waals surface area contributed by atoms with Crippen molar-refractivity contribution in [3.8, 4) is 11.3 Å². The number of hydrogen-bond donors (Lipinski definition) is 1. The molecule has 116 valence electrons. The van der Waals surface area contributed by atoms with Crippen LogP contribution < -0.4 is 5.32 Å². The van der Waals surface area contributed by atoms with Crippen LogP contribution in [0.5, 0.6) is 0 Å². The maximum Gasteiger partial charge on any atom is 0.0933 e. The minimum atomic E-state index is 0.647. The second-order valence-electron chi connectivity index (χ2n) is 5.37. The van der Waals surface area contributed by atoms with Crippen molar-refractivity contribution in [1.29, 1.82) is 0 Å². The number of pyridine rings is 1. The molecule has 0 aliphatic heterocycles. The number of benzene rings is 2. The second-order valence-corrected chi connectivity index (χ2v) is 5.37. The third-order valence-corrected chi connectivity index (χ3v) is 3.67. The van der Waals surface area contributed by atoms with Gasteiger partial charge in [0.05, 0.1) is 18.0 Å². The fourth-order valence-corrected chi connectivity index (χ4v) is 2.49. The summed E-state index contributed by atoms with van der Waals surface area (Å²) >= 11 is 0. The topological polar surface area (TPSA) is 34.1 Å². The molecule has 0 aliphatic carbocycles. The molecule has 0 saturated heterocycles. The van der Waals surface area contributed by atoms with Gasteiger partial charge in [-0.3, -0.25) is 4.98 Å². The summed E-state index contributed by atoms with van der Waals surface area (Å²) in [6.07, 6.45) is 1.83. The van der Waals surface area contributed by atoms with Crippen LogP contribution in [0.1, 0.15) is 11.1 Å². The van der Waals surface area contributed by atoms with Crippen molar-refractivity contribution in [2.45, 2.75) is 13.2 Å². The highest BCUT2D eigenvalue weighted by Crippen LogP contribution is 2.25. The Morgan fingerprint density at radius 2 is 1.61 bits per heavy atom. The van der Waals surface area contributed by atoms with Crippen molar-refractivity contribution in [3.05, 3.63) is 84.1 Å². The Bertz CT molecular complexity index is 739. The lowest BCUT2D eigenvalue weighted by atomic mass is 10.1. The van der Waals surface area contributed by atoms with Gasteiger partial charge in [-0.05, 0) is 23.3 Å². The van der Waals surface area contributed by atoms with Crippen molar-refractivity contribution in [2.75, 3.05) is 12.4 Å². The highest BCUT2D eigenvalue weighted by molar-refractivity contribution is 5.73. The van der Waals surface area contributed by atoms with Crippen LogP contribution in [0.15, 0.2) is 72.9 Å². The quantitative estimate of drug-likeness (QED) is 0.727. The lowest BCUT2D eigenvalue weighted by Crippen LogP contribution is -2.02. The molecule has 3 rings (SSSR count). The van der Waals surface area contributed by atoms with Gasteiger partial charge in [0.2, 0.25) is 0 Å². The molecule has 0 atom stereocenters. The van der Waals surface area contributed by atoms with Crippen LogP contribution in [-0.2, 0) is 17.9 Å². The summed E-state index contributed by atoms with van der Waals surface area (Å²) < 4.78 is 5.14. The number of aromatic nitrogens is 1. The Kier molecular flexibility index (Phi) is 5.02. The molecule has 3 nitrogen and oxygen atoms in total. The Hall–Kier alpha value is -2.65. The average molecular weight is 304 g/mol. The monoisotopic (exact) mass is 304 g/mol. The van der Waals surface area contributed by atoms with Crippen LogP contribution in [-0.4, -0.2) is 12.1 Å². The van der Waals surface area contributed by atoms with E-state index in [9.17, 15) is 0 Å². The van der Waals surface area contributed by atoms with Gasteiger partial charge in [-0.25, -0.2) is 0 Å². The molecule has 0 bridgehead atoms. The van der Waals surface area contributed by atoms with Crippen molar-refractivity contribution in [2.24, 2.45) is 0 Å². The van der Waals surface area contributed by atoms with Crippen LogP contribution in [0.25, 0.3) is 11.3 Å². The summed E-state index contributed by atoms with van der Waals surface area (Å²) in [6, 6.07) is 22.7. The van der Waals surface area contributed by atoms with Crippen molar-refractivity contribution < 1.29 is 4.74 Å². The van der Waals surface area contributed by atoms with E-state index < -0.39 is 0 Å². The molecule has 23 heavy (non-hydrogen) atoms. The fraction of sp³-hybridized carbons (Fsp3) is 0.150. The molecule has 0 saturated carbocycles. The minimum Gasteiger partial charge on any atom is -0.380 e. The van der Waals surface area contributed by atoms with Gasteiger partial charge in [0.15, 0.2) is 0 Å². The lowest BCUT2D eigenvalue weighted by molar-refractivity contribution is 0.185. The molecule has 1 N–H and O–H groups in total. The lowest BCUT2D eigenvalue weighted by Gasteiger charge is -2.11. The molecule has 0 aliphatic rings. The number of anilines is 1.